The van der Waals surface area contributed by atoms with Crippen molar-refractivity contribution in [3.05, 3.63) is 34.7 Å². The zero-order valence-electron chi connectivity index (χ0n) is 7.41. The number of fused-ring (bicyclic) bond motifs is 1. The first-order valence-electron chi connectivity index (χ1n) is 4.09. The molecule has 1 aromatic heterocycles. The lowest BCUT2D eigenvalue weighted by Crippen LogP contribution is -1.98. The average molecular weight is 193 g/mol. The van der Waals surface area contributed by atoms with Gasteiger partial charge in [0.15, 0.2) is 0 Å². The van der Waals surface area contributed by atoms with Crippen LogP contribution < -0.4 is 5.90 Å². The van der Waals surface area contributed by atoms with E-state index in [0.29, 0.717) is 6.61 Å². The van der Waals surface area contributed by atoms with Crippen LogP contribution in [0.1, 0.15) is 11.1 Å². The molecule has 0 amide bonds. The second kappa shape index (κ2) is 3.46. The molecule has 3 heteroatoms. The highest BCUT2D eigenvalue weighted by Gasteiger charge is 2.00. The second-order valence-electron chi connectivity index (χ2n) is 3.06. The molecule has 1 aromatic carbocycles. The van der Waals surface area contributed by atoms with Gasteiger partial charge in [-0.25, -0.2) is 5.90 Å². The predicted molar refractivity (Wildman–Crippen MR) is 55.5 cm³/mol. The van der Waals surface area contributed by atoms with Crippen LogP contribution in [-0.4, -0.2) is 0 Å². The molecular weight excluding hydrogens is 182 g/mol. The van der Waals surface area contributed by atoms with E-state index in [4.69, 9.17) is 5.90 Å². The maximum Gasteiger partial charge on any atom is 0.0930 e. The molecule has 13 heavy (non-hydrogen) atoms. The van der Waals surface area contributed by atoms with Crippen LogP contribution in [0.4, 0.5) is 0 Å². The second-order valence-corrected chi connectivity index (χ2v) is 3.97. The summed E-state index contributed by atoms with van der Waals surface area (Å²) < 4.78 is 1.32. The summed E-state index contributed by atoms with van der Waals surface area (Å²) in [4.78, 5) is 4.60. The molecule has 0 aliphatic rings. The van der Waals surface area contributed by atoms with Gasteiger partial charge < -0.3 is 0 Å². The summed E-state index contributed by atoms with van der Waals surface area (Å²) in [5.41, 5.74) is 2.44. The molecule has 2 rings (SSSR count). The number of benzene rings is 1. The fraction of sp³-hybridized carbons (Fsp3) is 0.200. The monoisotopic (exact) mass is 193 g/mol. The van der Waals surface area contributed by atoms with E-state index in [-0.39, 0.29) is 0 Å². The lowest BCUT2D eigenvalue weighted by molar-refractivity contribution is 0.124. The molecule has 0 saturated heterocycles. The number of hydrogen-bond donors (Lipinski definition) is 1. The lowest BCUT2D eigenvalue weighted by Gasteiger charge is -1.99. The van der Waals surface area contributed by atoms with Gasteiger partial charge in [-0.2, -0.15) is 0 Å². The normalized spacial score (nSPS) is 10.9. The molecule has 2 aromatic rings. The van der Waals surface area contributed by atoms with Crippen molar-refractivity contribution in [3.63, 3.8) is 0 Å². The summed E-state index contributed by atoms with van der Waals surface area (Å²) in [7, 11) is 0. The Labute approximate surface area is 80.9 Å². The lowest BCUT2D eigenvalue weighted by atomic mass is 10.1. The summed E-state index contributed by atoms with van der Waals surface area (Å²) in [6, 6.07) is 6.29. The molecule has 0 unspecified atom stereocenters. The molecule has 2 N–H and O–H groups in total. The fourth-order valence-electron chi connectivity index (χ4n) is 1.39. The summed E-state index contributed by atoms with van der Waals surface area (Å²) in [6.07, 6.45) is 0. The predicted octanol–water partition coefficient (Wildman–Crippen LogP) is 2.60. The number of thiophene rings is 1. The Bertz CT molecular complexity index is 422. The van der Waals surface area contributed by atoms with Gasteiger partial charge in [0.1, 0.15) is 0 Å². The van der Waals surface area contributed by atoms with E-state index >= 15 is 0 Å². The van der Waals surface area contributed by atoms with Crippen LogP contribution in [0.5, 0.6) is 0 Å². The maximum absolute atomic E-state index is 5.02. The first-order valence-corrected chi connectivity index (χ1v) is 4.97. The van der Waals surface area contributed by atoms with Crippen LogP contribution in [0.15, 0.2) is 23.6 Å². The Hall–Kier alpha value is -0.900. The minimum atomic E-state index is 0.477. The van der Waals surface area contributed by atoms with E-state index in [0.717, 1.165) is 5.56 Å². The Kier molecular flexibility index (Phi) is 2.31. The molecule has 0 bridgehead atoms. The quantitative estimate of drug-likeness (QED) is 0.744. The van der Waals surface area contributed by atoms with Crippen molar-refractivity contribution >= 4 is 21.4 Å². The highest BCUT2D eigenvalue weighted by molar-refractivity contribution is 7.17. The van der Waals surface area contributed by atoms with Crippen LogP contribution in [-0.2, 0) is 11.4 Å². The molecule has 0 aliphatic carbocycles. The zero-order chi connectivity index (χ0) is 9.26. The fourth-order valence-corrected chi connectivity index (χ4v) is 2.31. The minimum absolute atomic E-state index is 0.477. The first kappa shape index (κ1) is 8.69. The van der Waals surface area contributed by atoms with Crippen LogP contribution in [0.25, 0.3) is 10.1 Å². The van der Waals surface area contributed by atoms with Gasteiger partial charge >= 0.3 is 0 Å². The third kappa shape index (κ3) is 1.58. The zero-order valence-corrected chi connectivity index (χ0v) is 8.23. The molecule has 1 heterocycles. The Morgan fingerprint density at radius 2 is 2.31 bits per heavy atom. The van der Waals surface area contributed by atoms with Gasteiger partial charge in [-0.15, -0.1) is 11.3 Å². The number of hydrogen-bond acceptors (Lipinski definition) is 3. The third-order valence-corrected chi connectivity index (χ3v) is 3.16. The minimum Gasteiger partial charge on any atom is -0.300 e. The first-order chi connectivity index (χ1) is 6.31. The molecule has 0 spiro atoms. The van der Waals surface area contributed by atoms with Crippen LogP contribution in [0.2, 0.25) is 0 Å². The molecule has 0 atom stereocenters. The van der Waals surface area contributed by atoms with E-state index in [1.807, 2.05) is 6.07 Å². The maximum atomic E-state index is 5.02. The van der Waals surface area contributed by atoms with E-state index in [1.165, 1.54) is 15.6 Å². The molecule has 0 aliphatic heterocycles. The third-order valence-electron chi connectivity index (χ3n) is 2.08. The van der Waals surface area contributed by atoms with Crippen LogP contribution in [0.3, 0.4) is 0 Å². The Morgan fingerprint density at radius 3 is 3.08 bits per heavy atom. The summed E-state index contributed by atoms with van der Waals surface area (Å²) in [5.74, 6) is 5.02. The number of aryl methyl sites for hydroxylation is 1. The van der Waals surface area contributed by atoms with Gasteiger partial charge in [-0.1, -0.05) is 6.07 Å². The van der Waals surface area contributed by atoms with Crippen molar-refractivity contribution in [2.75, 3.05) is 0 Å². The van der Waals surface area contributed by atoms with Crippen molar-refractivity contribution in [2.24, 2.45) is 5.90 Å². The largest absolute Gasteiger partial charge is 0.300 e. The van der Waals surface area contributed by atoms with Crippen LogP contribution in [0, 0.1) is 6.92 Å². The summed E-state index contributed by atoms with van der Waals surface area (Å²) in [6.45, 7) is 2.59. The van der Waals surface area contributed by atoms with Gasteiger partial charge in [0.2, 0.25) is 0 Å². The molecule has 0 radical (unpaired) electrons. The number of rotatable bonds is 2. The molecule has 2 nitrogen and oxygen atoms in total. The van der Waals surface area contributed by atoms with Crippen molar-refractivity contribution in [1.82, 2.24) is 0 Å². The molecule has 68 valence electrons. The standard InChI is InChI=1S/C10H11NOS/c1-7-6-13-10-3-2-8(5-12-11)4-9(7)10/h2-4,6H,5,11H2,1H3. The van der Waals surface area contributed by atoms with Gasteiger partial charge in [-0.3, -0.25) is 4.84 Å². The highest BCUT2D eigenvalue weighted by atomic mass is 32.1. The van der Waals surface area contributed by atoms with Gasteiger partial charge in [0, 0.05) is 4.70 Å². The topological polar surface area (TPSA) is 35.2 Å². The summed E-state index contributed by atoms with van der Waals surface area (Å²) >= 11 is 1.77. The van der Waals surface area contributed by atoms with E-state index in [1.54, 1.807) is 11.3 Å². The molecule has 0 fully saturated rings. The van der Waals surface area contributed by atoms with Gasteiger partial charge in [0.05, 0.1) is 6.61 Å². The smallest absolute Gasteiger partial charge is 0.0930 e. The number of nitrogens with two attached hydrogens (primary N) is 1. The Morgan fingerprint density at radius 1 is 1.46 bits per heavy atom. The summed E-state index contributed by atoms with van der Waals surface area (Å²) in [5, 5.41) is 3.47. The van der Waals surface area contributed by atoms with Gasteiger partial charge in [-0.05, 0) is 40.9 Å². The van der Waals surface area contributed by atoms with E-state index in [9.17, 15) is 0 Å². The van der Waals surface area contributed by atoms with Crippen molar-refractivity contribution in [3.8, 4) is 0 Å². The van der Waals surface area contributed by atoms with Gasteiger partial charge in [0.25, 0.3) is 0 Å². The van der Waals surface area contributed by atoms with Crippen molar-refractivity contribution < 1.29 is 4.84 Å². The highest BCUT2D eigenvalue weighted by Crippen LogP contribution is 2.26. The van der Waals surface area contributed by atoms with Crippen molar-refractivity contribution in [2.45, 2.75) is 13.5 Å². The average Bonchev–Trinajstić information content (AvgIpc) is 2.49. The molecular formula is C10H11NOS. The Balaban J connectivity index is 2.53. The van der Waals surface area contributed by atoms with E-state index in [2.05, 4.69) is 29.3 Å². The van der Waals surface area contributed by atoms with E-state index < -0.39 is 0 Å². The van der Waals surface area contributed by atoms with Crippen molar-refractivity contribution in [1.29, 1.82) is 0 Å². The van der Waals surface area contributed by atoms with Crippen LogP contribution >= 0.6 is 11.3 Å². The molecule has 0 saturated carbocycles. The SMILES string of the molecule is Cc1csc2ccc(CON)cc12.